The molecule has 1 aromatic heterocycles. The number of hydrogen-bond donors (Lipinski definition) is 1. The lowest BCUT2D eigenvalue weighted by atomic mass is 10.0. The summed E-state index contributed by atoms with van der Waals surface area (Å²) in [5.74, 6) is 1.52. The lowest BCUT2D eigenvalue weighted by molar-refractivity contribution is -0.116. The standard InChI is InChI=1S/C26H22N2O3/c29-25-15-11-20-5-3-7-24(26(20)28-25)31-16-18-8-13-22(14-9-18)30-17-21-12-10-19-4-1-2-6-23(19)27-21/h1-10,12-14H,11,15-17H2,(H,28,29). The van der Waals surface area contributed by atoms with E-state index in [-0.39, 0.29) is 5.91 Å². The van der Waals surface area contributed by atoms with Crippen molar-refractivity contribution in [3.05, 3.63) is 95.7 Å². The van der Waals surface area contributed by atoms with Crippen molar-refractivity contribution < 1.29 is 14.3 Å². The number of fused-ring (bicyclic) bond motifs is 2. The van der Waals surface area contributed by atoms with Crippen LogP contribution in [0, 0.1) is 0 Å². The Hall–Kier alpha value is -3.86. The van der Waals surface area contributed by atoms with Crippen LogP contribution in [0.5, 0.6) is 11.5 Å². The van der Waals surface area contributed by atoms with E-state index in [1.807, 2.05) is 72.8 Å². The van der Waals surface area contributed by atoms with Crippen molar-refractivity contribution in [1.29, 1.82) is 0 Å². The van der Waals surface area contributed by atoms with Gasteiger partial charge in [0, 0.05) is 11.8 Å². The van der Waals surface area contributed by atoms with E-state index in [1.54, 1.807) is 0 Å². The molecule has 0 radical (unpaired) electrons. The first kappa shape index (κ1) is 19.1. The summed E-state index contributed by atoms with van der Waals surface area (Å²) in [6, 6.07) is 25.8. The molecule has 0 fully saturated rings. The van der Waals surface area contributed by atoms with Crippen molar-refractivity contribution >= 4 is 22.5 Å². The van der Waals surface area contributed by atoms with E-state index in [0.717, 1.165) is 45.6 Å². The van der Waals surface area contributed by atoms with Crippen molar-refractivity contribution in [2.75, 3.05) is 5.32 Å². The number of anilines is 1. The number of carbonyl (C=O) groups excluding carboxylic acids is 1. The highest BCUT2D eigenvalue weighted by molar-refractivity contribution is 5.95. The monoisotopic (exact) mass is 410 g/mol. The van der Waals surface area contributed by atoms with Crippen LogP contribution in [0.2, 0.25) is 0 Å². The van der Waals surface area contributed by atoms with Crippen molar-refractivity contribution in [3.63, 3.8) is 0 Å². The highest BCUT2D eigenvalue weighted by atomic mass is 16.5. The summed E-state index contributed by atoms with van der Waals surface area (Å²) in [6.07, 6.45) is 1.27. The van der Waals surface area contributed by atoms with Gasteiger partial charge in [-0.25, -0.2) is 4.98 Å². The summed E-state index contributed by atoms with van der Waals surface area (Å²) in [7, 11) is 0. The Balaban J connectivity index is 1.20. The molecule has 1 aliphatic rings. The van der Waals surface area contributed by atoms with E-state index >= 15 is 0 Å². The molecule has 0 aliphatic carbocycles. The molecule has 1 aliphatic heterocycles. The molecule has 5 heteroatoms. The first-order chi connectivity index (χ1) is 15.2. The number of amides is 1. The van der Waals surface area contributed by atoms with Gasteiger partial charge in [0.25, 0.3) is 0 Å². The van der Waals surface area contributed by atoms with Gasteiger partial charge in [0.1, 0.15) is 24.7 Å². The van der Waals surface area contributed by atoms with Crippen molar-refractivity contribution in [1.82, 2.24) is 4.98 Å². The maximum absolute atomic E-state index is 11.7. The maximum Gasteiger partial charge on any atom is 0.224 e. The third-order valence-corrected chi connectivity index (χ3v) is 5.36. The van der Waals surface area contributed by atoms with Gasteiger partial charge in [-0.15, -0.1) is 0 Å². The number of aromatic nitrogens is 1. The second kappa shape index (κ2) is 8.48. The number of rotatable bonds is 6. The van der Waals surface area contributed by atoms with Gasteiger partial charge in [0.2, 0.25) is 5.91 Å². The molecule has 0 saturated carbocycles. The number of hydrogen-bond acceptors (Lipinski definition) is 4. The summed E-state index contributed by atoms with van der Waals surface area (Å²) in [5.41, 5.74) is 4.79. The van der Waals surface area contributed by atoms with Gasteiger partial charge >= 0.3 is 0 Å². The van der Waals surface area contributed by atoms with Crippen molar-refractivity contribution in [2.24, 2.45) is 0 Å². The highest BCUT2D eigenvalue weighted by Gasteiger charge is 2.18. The topological polar surface area (TPSA) is 60.5 Å². The minimum atomic E-state index is 0.0333. The van der Waals surface area contributed by atoms with E-state index in [1.165, 1.54) is 0 Å². The van der Waals surface area contributed by atoms with Crippen LogP contribution in [-0.2, 0) is 24.4 Å². The zero-order valence-electron chi connectivity index (χ0n) is 17.0. The molecule has 5 nitrogen and oxygen atoms in total. The lowest BCUT2D eigenvalue weighted by Crippen LogP contribution is -2.19. The SMILES string of the molecule is O=C1CCc2cccc(OCc3ccc(OCc4ccc5ccccc5n4)cc3)c2N1. The summed E-state index contributed by atoms with van der Waals surface area (Å²) < 4.78 is 11.9. The van der Waals surface area contributed by atoms with E-state index < -0.39 is 0 Å². The number of pyridine rings is 1. The van der Waals surface area contributed by atoms with Crippen LogP contribution in [0.15, 0.2) is 78.9 Å². The number of nitrogens with zero attached hydrogens (tertiary/aromatic N) is 1. The molecule has 0 unspecified atom stereocenters. The number of ether oxygens (including phenoxy) is 2. The average molecular weight is 410 g/mol. The molecule has 0 atom stereocenters. The fourth-order valence-electron chi connectivity index (χ4n) is 3.69. The molecule has 0 saturated heterocycles. The molecule has 1 amide bonds. The van der Waals surface area contributed by atoms with E-state index in [0.29, 0.717) is 25.4 Å². The fraction of sp³-hybridized carbons (Fsp3) is 0.154. The molecule has 154 valence electrons. The third-order valence-electron chi connectivity index (χ3n) is 5.36. The molecular weight excluding hydrogens is 388 g/mol. The Bertz CT molecular complexity index is 1240. The number of aryl methyl sites for hydroxylation is 1. The van der Waals surface area contributed by atoms with Gasteiger partial charge in [0.15, 0.2) is 0 Å². The van der Waals surface area contributed by atoms with E-state index in [9.17, 15) is 4.79 Å². The molecule has 31 heavy (non-hydrogen) atoms. The molecule has 0 bridgehead atoms. The van der Waals surface area contributed by atoms with E-state index in [2.05, 4.69) is 16.4 Å². The molecule has 4 aromatic rings. The molecule has 5 rings (SSSR count). The van der Waals surface area contributed by atoms with Crippen molar-refractivity contribution in [2.45, 2.75) is 26.1 Å². The van der Waals surface area contributed by atoms with Gasteiger partial charge < -0.3 is 14.8 Å². The highest BCUT2D eigenvalue weighted by Crippen LogP contribution is 2.33. The molecular formula is C26H22N2O3. The van der Waals surface area contributed by atoms with Crippen LogP contribution in [-0.4, -0.2) is 10.9 Å². The van der Waals surface area contributed by atoms with Crippen LogP contribution in [0.1, 0.15) is 23.2 Å². The van der Waals surface area contributed by atoms with Crippen LogP contribution < -0.4 is 14.8 Å². The number of nitrogens with one attached hydrogen (secondary N) is 1. The van der Waals surface area contributed by atoms with Crippen LogP contribution in [0.4, 0.5) is 5.69 Å². The molecule has 0 spiro atoms. The largest absolute Gasteiger partial charge is 0.487 e. The summed E-state index contributed by atoms with van der Waals surface area (Å²) in [6.45, 7) is 0.829. The smallest absolute Gasteiger partial charge is 0.224 e. The number of benzene rings is 3. The second-order valence-electron chi connectivity index (χ2n) is 7.56. The van der Waals surface area contributed by atoms with E-state index in [4.69, 9.17) is 9.47 Å². The first-order valence-electron chi connectivity index (χ1n) is 10.4. The summed E-state index contributed by atoms with van der Waals surface area (Å²) in [5, 5.41) is 4.05. The predicted octanol–water partition coefficient (Wildman–Crippen LogP) is 5.28. The van der Waals surface area contributed by atoms with Crippen LogP contribution in [0.3, 0.4) is 0 Å². The Morgan fingerprint density at radius 3 is 2.58 bits per heavy atom. The average Bonchev–Trinajstić information content (AvgIpc) is 2.82. The Kier molecular flexibility index (Phi) is 5.23. The Labute approximate surface area is 180 Å². The maximum atomic E-state index is 11.7. The second-order valence-corrected chi connectivity index (χ2v) is 7.56. The Morgan fingerprint density at radius 1 is 0.806 bits per heavy atom. The Morgan fingerprint density at radius 2 is 1.68 bits per heavy atom. The number of para-hydroxylation sites is 2. The first-order valence-corrected chi connectivity index (χ1v) is 10.4. The minimum Gasteiger partial charge on any atom is -0.487 e. The van der Waals surface area contributed by atoms with Crippen LogP contribution >= 0.6 is 0 Å². The summed E-state index contributed by atoms with van der Waals surface area (Å²) >= 11 is 0. The molecule has 3 aromatic carbocycles. The molecule has 1 N–H and O–H groups in total. The lowest BCUT2D eigenvalue weighted by Gasteiger charge is -2.20. The van der Waals surface area contributed by atoms with Crippen molar-refractivity contribution in [3.8, 4) is 11.5 Å². The van der Waals surface area contributed by atoms with Gasteiger partial charge in [-0.2, -0.15) is 0 Å². The molecule has 2 heterocycles. The summed E-state index contributed by atoms with van der Waals surface area (Å²) in [4.78, 5) is 16.4. The fourth-order valence-corrected chi connectivity index (χ4v) is 3.69. The quantitative estimate of drug-likeness (QED) is 0.470. The van der Waals surface area contributed by atoms with Crippen LogP contribution in [0.25, 0.3) is 10.9 Å². The van der Waals surface area contributed by atoms with Gasteiger partial charge in [-0.1, -0.05) is 48.5 Å². The minimum absolute atomic E-state index is 0.0333. The van der Waals surface area contributed by atoms with Gasteiger partial charge in [0.05, 0.1) is 16.9 Å². The predicted molar refractivity (Wildman–Crippen MR) is 120 cm³/mol. The van der Waals surface area contributed by atoms with Gasteiger partial charge in [-0.3, -0.25) is 4.79 Å². The number of carbonyl (C=O) groups is 1. The normalized spacial score (nSPS) is 12.8. The zero-order chi connectivity index (χ0) is 21.0. The van der Waals surface area contributed by atoms with Gasteiger partial charge in [-0.05, 0) is 47.9 Å². The zero-order valence-corrected chi connectivity index (χ0v) is 17.0. The third kappa shape index (κ3) is 4.36.